The van der Waals surface area contributed by atoms with Crippen LogP contribution in [0.15, 0.2) is 359 Å². The number of hydrogen-bond donors (Lipinski definition) is 1. The van der Waals surface area contributed by atoms with Crippen LogP contribution in [0.1, 0.15) is 113 Å². The van der Waals surface area contributed by atoms with E-state index in [1.165, 1.54) is 131 Å². The second kappa shape index (κ2) is 48.2. The average molecular weight is 2390 g/mol. The average Bonchev–Trinajstić information content (AvgIpc) is 1.43. The second-order valence-electron chi connectivity index (χ2n) is 35.8. The maximum atomic E-state index is 10.0. The molecule has 1 atom stereocenters. The van der Waals surface area contributed by atoms with Crippen LogP contribution < -0.4 is 23.7 Å². The van der Waals surface area contributed by atoms with E-state index < -0.39 is 0 Å². The Morgan fingerprint density at radius 3 is 1.94 bits per heavy atom. The Morgan fingerprint density at radius 1 is 0.549 bits per heavy atom. The summed E-state index contributed by atoms with van der Waals surface area (Å²) in [5, 5.41) is 42.3. The largest absolute Gasteiger partial charge is 0.573 e. The molecule has 0 amide bonds. The Hall–Kier alpha value is -15.1. The van der Waals surface area contributed by atoms with Gasteiger partial charge in [-0.2, -0.15) is 68.4 Å². The smallest absolute Gasteiger partial charge is 0.214 e. The number of para-hydroxylation sites is 1. The fraction of sp³-hybridized carbons (Fsp3) is 0.148. The zero-order chi connectivity index (χ0) is 97.2. The molecular formula is C122H107Ir3N15O2-4. The molecule has 3 radical (unpaired) electrons. The number of aromatic nitrogens is 10. The summed E-state index contributed by atoms with van der Waals surface area (Å²) in [6.45, 7) is 29.1. The number of rotatable bonds is 6. The van der Waals surface area contributed by atoms with Gasteiger partial charge < -0.3 is 35.0 Å². The van der Waals surface area contributed by atoms with Gasteiger partial charge in [-0.1, -0.05) is 200 Å². The Balaban J connectivity index is 0.000000135. The van der Waals surface area contributed by atoms with Gasteiger partial charge in [-0.05, 0) is 173 Å². The molecule has 5 aliphatic rings. The number of hydrogen-bond acceptors (Lipinski definition) is 13. The molecule has 0 aliphatic carbocycles. The minimum Gasteiger partial charge on any atom is -0.573 e. The number of pyridine rings is 4. The third kappa shape index (κ3) is 25.2. The number of likely N-dealkylation sites (N-methyl/N-ethyl adjacent to an activating group) is 1. The van der Waals surface area contributed by atoms with Gasteiger partial charge in [0.05, 0.1) is 39.2 Å². The molecule has 713 valence electrons. The first-order chi connectivity index (χ1) is 67.4. The molecule has 19 aromatic rings. The van der Waals surface area contributed by atoms with Gasteiger partial charge in [0, 0.05) is 173 Å². The number of carbonyl (C=O) groups is 1. The van der Waals surface area contributed by atoms with E-state index in [9.17, 15) is 4.79 Å². The van der Waals surface area contributed by atoms with E-state index in [0.717, 1.165) is 97.6 Å². The molecule has 0 spiro atoms. The number of allylic oxidation sites excluding steroid dienone is 2. The Kier molecular flexibility index (Phi) is 35.4. The van der Waals surface area contributed by atoms with Crippen LogP contribution in [0.2, 0.25) is 0 Å². The first-order valence-corrected chi connectivity index (χ1v) is 46.2. The number of carbonyl (C=O) groups excluding carboxylic acids is 1. The fourth-order valence-electron chi connectivity index (χ4n) is 17.2. The van der Waals surface area contributed by atoms with Crippen LogP contribution in [0.3, 0.4) is 0 Å². The van der Waals surface area contributed by atoms with Crippen LogP contribution in [0.5, 0.6) is 0 Å². The van der Waals surface area contributed by atoms with E-state index in [2.05, 4.69) is 329 Å². The van der Waals surface area contributed by atoms with E-state index in [0.29, 0.717) is 17.0 Å². The number of ketones is 1. The maximum absolute atomic E-state index is 10.0. The summed E-state index contributed by atoms with van der Waals surface area (Å²) in [5.74, 6) is 0.236. The van der Waals surface area contributed by atoms with Crippen LogP contribution >= 0.6 is 0 Å². The molecule has 0 fully saturated rings. The van der Waals surface area contributed by atoms with Crippen LogP contribution in [-0.4, -0.2) is 64.8 Å². The van der Waals surface area contributed by atoms with Crippen molar-refractivity contribution >= 4 is 65.7 Å². The molecule has 5 aliphatic heterocycles. The number of aliphatic hydroxyl groups excluding tert-OH is 1. The van der Waals surface area contributed by atoms with Crippen molar-refractivity contribution in [2.45, 2.75) is 107 Å². The molecule has 7 aromatic heterocycles. The Morgan fingerprint density at radius 2 is 1.25 bits per heavy atom. The van der Waals surface area contributed by atoms with Gasteiger partial charge in [-0.25, -0.2) is 22.1 Å². The third-order valence-electron chi connectivity index (χ3n) is 24.4. The molecule has 12 aromatic carbocycles. The van der Waals surface area contributed by atoms with Crippen molar-refractivity contribution in [2.75, 3.05) is 19.0 Å². The van der Waals surface area contributed by atoms with Crippen molar-refractivity contribution in [3.63, 3.8) is 0 Å². The predicted molar refractivity (Wildman–Crippen MR) is 556 cm³/mol. The number of aryl methyl sites for hydroxylation is 6. The molecule has 12 heterocycles. The van der Waals surface area contributed by atoms with Gasteiger partial charge in [-0.3, -0.25) is 19.7 Å². The van der Waals surface area contributed by atoms with Gasteiger partial charge in [0.15, 0.2) is 43.5 Å². The van der Waals surface area contributed by atoms with Crippen molar-refractivity contribution in [1.29, 1.82) is 10.5 Å². The summed E-state index contributed by atoms with van der Waals surface area (Å²) < 4.78 is 7.06. The summed E-state index contributed by atoms with van der Waals surface area (Å²) in [5.41, 5.74) is 33.7. The SMILES string of the molecule is CC(=O)C=C(C)O.CC(C)(C)c1cc(-c2ccccn2)[n-]n1.CN1C=CC(c2[c-]cc(C#N)cc2)[CH-]1.CN1C=CN(c2[c-]cc(C#N)cc2)[CH-]1.Cc1cc2[n+](cc1C)Cc1ccc3ccccc3c1-2.Cc1ccc(C)c(-c2ccc3c(c2)-c2cccc[n+]2C3)c1.Cc1cccc2[n+]1Cc1ccccc1-2.Cc1cnc2c3[c-]cccc3c3ccccc3c2n1.[Ir].[Ir].[Ir].[c-]1ccccc1-c1ncnc2ccccc12. The van der Waals surface area contributed by atoms with E-state index in [4.69, 9.17) is 15.6 Å². The van der Waals surface area contributed by atoms with Crippen LogP contribution in [0, 0.1) is 102 Å². The molecular weight excluding hydrogens is 2280 g/mol. The topological polar surface area (TPSA) is 198 Å². The zero-order valence-corrected chi connectivity index (χ0v) is 88.6. The summed E-state index contributed by atoms with van der Waals surface area (Å²) in [4.78, 5) is 38.0. The van der Waals surface area contributed by atoms with Crippen LogP contribution in [0.4, 0.5) is 5.69 Å². The summed E-state index contributed by atoms with van der Waals surface area (Å²) in [6.07, 6.45) is 18.8. The number of nitriles is 2. The zero-order valence-electron chi connectivity index (χ0n) is 81.4. The van der Waals surface area contributed by atoms with Gasteiger partial charge in [0.2, 0.25) is 17.1 Å². The predicted octanol–water partition coefficient (Wildman–Crippen LogP) is 24.7. The number of aliphatic hydroxyl groups is 1. The Labute approximate surface area is 872 Å². The van der Waals surface area contributed by atoms with E-state index >= 15 is 0 Å². The number of benzene rings is 12. The molecule has 0 saturated carbocycles. The van der Waals surface area contributed by atoms with Crippen molar-refractivity contribution in [3.05, 3.63) is 469 Å². The minimum atomic E-state index is -0.125. The van der Waals surface area contributed by atoms with Crippen molar-refractivity contribution in [1.82, 2.24) is 44.9 Å². The molecule has 1 unspecified atom stereocenters. The molecule has 0 saturated heterocycles. The van der Waals surface area contributed by atoms with Crippen molar-refractivity contribution < 1.29 is 83.9 Å². The summed E-state index contributed by atoms with van der Waals surface area (Å²) in [7, 11) is 3.96. The third-order valence-corrected chi connectivity index (χ3v) is 24.4. The van der Waals surface area contributed by atoms with Gasteiger partial charge in [-0.15, -0.1) is 83.2 Å². The minimum absolute atomic E-state index is 0. The molecule has 17 nitrogen and oxygen atoms in total. The molecule has 142 heavy (non-hydrogen) atoms. The number of fused-ring (bicyclic) bond motifs is 18. The number of nitrogens with zero attached hydrogens (tertiary/aromatic N) is 15. The monoisotopic (exact) mass is 2390 g/mol. The fourth-order valence-corrected chi connectivity index (χ4v) is 17.2. The summed E-state index contributed by atoms with van der Waals surface area (Å²) in [6, 6.07) is 116. The van der Waals surface area contributed by atoms with Gasteiger partial charge >= 0.3 is 0 Å². The van der Waals surface area contributed by atoms with Crippen molar-refractivity contribution in [3.8, 4) is 79.7 Å². The maximum Gasteiger partial charge on any atom is 0.214 e. The van der Waals surface area contributed by atoms with E-state index in [-0.39, 0.29) is 77.3 Å². The quantitative estimate of drug-likeness (QED) is 0.0542. The number of anilines is 1. The molecule has 24 rings (SSSR count). The molecule has 20 heteroatoms. The van der Waals surface area contributed by atoms with Gasteiger partial charge in [0.25, 0.3) is 0 Å². The normalized spacial score (nSPS) is 12.6. The summed E-state index contributed by atoms with van der Waals surface area (Å²) >= 11 is 0. The Bertz CT molecular complexity index is 7760. The van der Waals surface area contributed by atoms with Gasteiger partial charge in [0.1, 0.15) is 6.33 Å². The first kappa shape index (κ1) is 104. The second-order valence-corrected chi connectivity index (χ2v) is 35.8. The van der Waals surface area contributed by atoms with Crippen LogP contribution in [-0.2, 0) is 90.2 Å². The standard InChI is InChI=1S/C20H18N.C18H16N.C17H11N2.C14H9N2.C13H12N.C12H14N3.C12H10N2.C11H9N3.C5H8O2.3Ir/c1-14-6-7-15(2)18(11-14)16-8-9-17-13-21-10-4-3-5-20(21)19(17)12-16;1-12-9-17-18-15(11-19(17)10-13(12)2)8-7-14-5-3-4-6-16(14)18;1-11-10-18-16-14-8-4-2-6-12(14)13-7-3-5-9-15(13)17(16)19-11;1-2-6-11(7-3-1)14-12-8-4-5-9-13(12)15-10-16-14;1-10-5-4-8-13-12-7-3-2-6-11(12)9-14(10)13;1-12(2,3)11-8-10(14-15-11)9-6-4-5-7-13-9;1-14-7-6-12(9-14)11-4-2-10(8-13)3-5-11;1-13-6-7-14(9-13)11-4-2-10(8-12)3-5-11;1-4(6)3-5(2)7;;;/h3-12H,13H2,1-2H3;3-10H,11H2,1-2H3;2-7,9-10H,1H3;1-6,8-10H;2-8H,9H2,1H3;4-8H,1-3H3;2-4,6-7,9,12H,1H3;2-4,6-7,9H,1H3;3,6H,1-2H3;;;/q2*+1;2*-1;+1;-1;2*-2;;;;. The van der Waals surface area contributed by atoms with Crippen molar-refractivity contribution in [2.24, 2.45) is 0 Å². The molecule has 1 N–H and O–H groups in total. The van der Waals surface area contributed by atoms with Crippen LogP contribution in [0.25, 0.3) is 122 Å². The first-order valence-electron chi connectivity index (χ1n) is 46.2. The van der Waals surface area contributed by atoms with E-state index in [1.54, 1.807) is 30.7 Å². The molecule has 0 bridgehead atoms. The van der Waals surface area contributed by atoms with E-state index in [1.807, 2.05) is 176 Å².